The van der Waals surface area contributed by atoms with E-state index in [4.69, 9.17) is 11.6 Å². The van der Waals surface area contributed by atoms with Gasteiger partial charge < -0.3 is 0 Å². The maximum Gasteiger partial charge on any atom is 0.452 e. The van der Waals surface area contributed by atoms with E-state index in [1.54, 1.807) is 0 Å². The molecule has 0 N–H and O–H groups in total. The molecule has 0 aliphatic heterocycles. The van der Waals surface area contributed by atoms with Gasteiger partial charge >= 0.3 is 6.18 Å². The predicted octanol–water partition coefficient (Wildman–Crippen LogP) is 1.80. The summed E-state index contributed by atoms with van der Waals surface area (Å²) in [6, 6.07) is 0. The first-order valence-corrected chi connectivity index (χ1v) is 3.80. The summed E-state index contributed by atoms with van der Waals surface area (Å²) in [4.78, 5) is 3.58. The van der Waals surface area contributed by atoms with Crippen molar-refractivity contribution in [3.05, 3.63) is 23.4 Å². The molecule has 0 unspecified atom stereocenters. The predicted molar refractivity (Wildman–Crippen MR) is 40.8 cm³/mol. The second-order valence-corrected chi connectivity index (χ2v) is 2.79. The van der Waals surface area contributed by atoms with Crippen LogP contribution in [0.5, 0.6) is 0 Å². The quantitative estimate of drug-likeness (QED) is 0.683. The maximum absolute atomic E-state index is 12.3. The van der Waals surface area contributed by atoms with Gasteiger partial charge in [-0.25, -0.2) is 4.98 Å². The van der Waals surface area contributed by atoms with E-state index in [1.807, 2.05) is 0 Å². The fourth-order valence-corrected chi connectivity index (χ4v) is 1.17. The molecule has 0 saturated heterocycles. The fourth-order valence-electron chi connectivity index (χ4n) is 0.990. The zero-order valence-electron chi connectivity index (χ0n) is 6.46. The van der Waals surface area contributed by atoms with Crippen LogP contribution in [0.2, 0.25) is 5.15 Å². The molecule has 74 valence electrons. The molecule has 2 aromatic rings. The Morgan fingerprint density at radius 1 is 1.29 bits per heavy atom. The molecule has 2 rings (SSSR count). The molecule has 2 heterocycles. The number of alkyl halides is 3. The van der Waals surface area contributed by atoms with E-state index in [0.717, 1.165) is 16.8 Å². The van der Waals surface area contributed by atoms with Crippen LogP contribution in [0.3, 0.4) is 0 Å². The summed E-state index contributed by atoms with van der Waals surface area (Å²) in [5, 5.41) is 6.16. The lowest BCUT2D eigenvalue weighted by Gasteiger charge is -2.02. The normalized spacial score (nSPS) is 12.3. The monoisotopic (exact) mass is 222 g/mol. The average molecular weight is 223 g/mol. The van der Waals surface area contributed by atoms with Crippen molar-refractivity contribution in [3.8, 4) is 0 Å². The zero-order chi connectivity index (χ0) is 10.3. The smallest absolute Gasteiger partial charge is 0.275 e. The largest absolute Gasteiger partial charge is 0.452 e. The molecule has 8 heteroatoms. The van der Waals surface area contributed by atoms with Crippen LogP contribution in [0.1, 0.15) is 5.82 Å². The third-order valence-corrected chi connectivity index (χ3v) is 1.80. The Balaban J connectivity index is 2.76. The van der Waals surface area contributed by atoms with Crippen LogP contribution >= 0.6 is 11.6 Å². The number of rotatable bonds is 0. The van der Waals surface area contributed by atoms with E-state index in [9.17, 15) is 13.2 Å². The third kappa shape index (κ3) is 1.29. The highest BCUT2D eigenvalue weighted by Crippen LogP contribution is 2.28. The Morgan fingerprint density at radius 2 is 2.00 bits per heavy atom. The van der Waals surface area contributed by atoms with Gasteiger partial charge in [0.15, 0.2) is 10.8 Å². The van der Waals surface area contributed by atoms with E-state index in [-0.39, 0.29) is 10.8 Å². The molecule has 0 aromatic carbocycles. The molecular weight excluding hydrogens is 221 g/mol. The Labute approximate surface area is 80.3 Å². The summed E-state index contributed by atoms with van der Waals surface area (Å²) in [6.07, 6.45) is -2.30. The van der Waals surface area contributed by atoms with Gasteiger partial charge in [0, 0.05) is 12.4 Å². The summed E-state index contributed by atoms with van der Waals surface area (Å²) < 4.78 is 37.6. The van der Waals surface area contributed by atoms with Crippen molar-refractivity contribution < 1.29 is 13.2 Å². The lowest BCUT2D eigenvalue weighted by atomic mass is 10.5. The van der Waals surface area contributed by atoms with Crippen LogP contribution in [0.15, 0.2) is 12.4 Å². The number of hydrogen-bond donors (Lipinski definition) is 0. The van der Waals surface area contributed by atoms with Crippen molar-refractivity contribution in [2.24, 2.45) is 0 Å². The SMILES string of the molecule is FC(F)(F)c1nnc2c(Cl)nccn12. The summed E-state index contributed by atoms with van der Waals surface area (Å²) in [5.41, 5.74) is -0.110. The van der Waals surface area contributed by atoms with Gasteiger partial charge in [-0.05, 0) is 0 Å². The summed E-state index contributed by atoms with van der Waals surface area (Å²) in [5.74, 6) is -1.11. The number of hydrogen-bond acceptors (Lipinski definition) is 3. The second-order valence-electron chi connectivity index (χ2n) is 2.43. The second kappa shape index (κ2) is 2.81. The molecule has 4 nitrogen and oxygen atoms in total. The fraction of sp³-hybridized carbons (Fsp3) is 0.167. The van der Waals surface area contributed by atoms with Crippen LogP contribution in [-0.4, -0.2) is 19.6 Å². The number of aromatic nitrogens is 4. The Morgan fingerprint density at radius 3 is 2.64 bits per heavy atom. The standard InChI is InChI=1S/C6H2ClF3N4/c7-3-4-12-13-5(6(8,9)10)14(4)2-1-11-3/h1-2H. The molecule has 0 amide bonds. The topological polar surface area (TPSA) is 43.1 Å². The van der Waals surface area contributed by atoms with E-state index < -0.39 is 12.0 Å². The highest BCUT2D eigenvalue weighted by Gasteiger charge is 2.37. The highest BCUT2D eigenvalue weighted by atomic mass is 35.5. The van der Waals surface area contributed by atoms with Crippen molar-refractivity contribution in [3.63, 3.8) is 0 Å². The first-order chi connectivity index (χ1) is 6.50. The van der Waals surface area contributed by atoms with Gasteiger partial charge in [0.05, 0.1) is 0 Å². The van der Waals surface area contributed by atoms with Crippen LogP contribution in [0.4, 0.5) is 13.2 Å². The van der Waals surface area contributed by atoms with Gasteiger partial charge in [0.25, 0.3) is 0 Å². The molecule has 14 heavy (non-hydrogen) atoms. The molecule has 0 bridgehead atoms. The lowest BCUT2D eigenvalue weighted by Crippen LogP contribution is -2.10. The number of fused-ring (bicyclic) bond motifs is 1. The van der Waals surface area contributed by atoms with Crippen LogP contribution in [0, 0.1) is 0 Å². The van der Waals surface area contributed by atoms with E-state index in [0.29, 0.717) is 0 Å². The lowest BCUT2D eigenvalue weighted by molar-refractivity contribution is -0.145. The maximum atomic E-state index is 12.3. The summed E-state index contributed by atoms with van der Waals surface area (Å²) in [7, 11) is 0. The molecular formula is C6H2ClF3N4. The highest BCUT2D eigenvalue weighted by molar-refractivity contribution is 6.32. The molecule has 0 saturated carbocycles. The van der Waals surface area contributed by atoms with Crippen LogP contribution in [-0.2, 0) is 6.18 Å². The van der Waals surface area contributed by atoms with Crippen LogP contribution < -0.4 is 0 Å². The minimum absolute atomic E-state index is 0.110. The van der Waals surface area contributed by atoms with E-state index in [1.165, 1.54) is 0 Å². The summed E-state index contributed by atoms with van der Waals surface area (Å²) in [6.45, 7) is 0. The van der Waals surface area contributed by atoms with Crippen molar-refractivity contribution in [2.45, 2.75) is 6.18 Å². The zero-order valence-corrected chi connectivity index (χ0v) is 7.21. The molecule has 0 aliphatic carbocycles. The van der Waals surface area contributed by atoms with Crippen molar-refractivity contribution in [2.75, 3.05) is 0 Å². The van der Waals surface area contributed by atoms with Gasteiger partial charge in [-0.3, -0.25) is 4.40 Å². The van der Waals surface area contributed by atoms with Crippen molar-refractivity contribution in [1.82, 2.24) is 19.6 Å². The molecule has 0 radical (unpaired) electrons. The Hall–Kier alpha value is -1.37. The Bertz CT molecular complexity index is 477. The van der Waals surface area contributed by atoms with Gasteiger partial charge in [-0.2, -0.15) is 13.2 Å². The first-order valence-electron chi connectivity index (χ1n) is 3.42. The molecule has 2 aromatic heterocycles. The minimum Gasteiger partial charge on any atom is -0.275 e. The van der Waals surface area contributed by atoms with Gasteiger partial charge in [-0.1, -0.05) is 11.6 Å². The summed E-state index contributed by atoms with van der Waals surface area (Å²) >= 11 is 5.52. The van der Waals surface area contributed by atoms with Gasteiger partial charge in [0.1, 0.15) is 0 Å². The number of halogens is 4. The minimum atomic E-state index is -4.55. The Kier molecular flexibility index (Phi) is 1.84. The average Bonchev–Trinajstić information content (AvgIpc) is 2.47. The molecule has 0 spiro atoms. The molecule has 0 fully saturated rings. The van der Waals surface area contributed by atoms with Crippen molar-refractivity contribution in [1.29, 1.82) is 0 Å². The number of nitrogens with zero attached hydrogens (tertiary/aromatic N) is 4. The first kappa shape index (κ1) is 9.20. The van der Waals surface area contributed by atoms with Gasteiger partial charge in [0.2, 0.25) is 5.82 Å². The van der Waals surface area contributed by atoms with Crippen molar-refractivity contribution >= 4 is 17.2 Å². The van der Waals surface area contributed by atoms with E-state index in [2.05, 4.69) is 15.2 Å². The molecule has 0 atom stereocenters. The molecule has 0 aliphatic rings. The van der Waals surface area contributed by atoms with Gasteiger partial charge in [-0.15, -0.1) is 10.2 Å². The van der Waals surface area contributed by atoms with Crippen LogP contribution in [0.25, 0.3) is 5.65 Å². The third-order valence-electron chi connectivity index (χ3n) is 1.54. The van der Waals surface area contributed by atoms with E-state index >= 15 is 0 Å².